The maximum absolute atomic E-state index is 12.8. The minimum absolute atomic E-state index is 0.0331. The van der Waals surface area contributed by atoms with Crippen molar-refractivity contribution in [2.45, 2.75) is 142 Å². The molecule has 0 saturated carbocycles. The molecule has 0 fully saturated rings. The second kappa shape index (κ2) is 26.9. The van der Waals surface area contributed by atoms with Crippen molar-refractivity contribution in [1.82, 2.24) is 0 Å². The quantitative estimate of drug-likeness (QED) is 0.0254. The standard InChI is InChI=1S/C34H66NO8P/c1-7-10-12-13-14-15-16-17-18-19-20-21-22-23-24-26-33(36)40-29-32(43-34(37)31(9-3)25-11-8-2)30-42-44(38,39)41-28-27-35(4,5)6/h17-18,31-32H,7-16,19-30H2,1-6H3/b18-17-/t31?,32-/m1/s1. The van der Waals surface area contributed by atoms with Gasteiger partial charge in [-0.3, -0.25) is 14.2 Å². The fourth-order valence-corrected chi connectivity index (χ4v) is 5.28. The van der Waals surface area contributed by atoms with Crippen molar-refractivity contribution in [3.63, 3.8) is 0 Å². The van der Waals surface area contributed by atoms with Crippen molar-refractivity contribution in [1.29, 1.82) is 0 Å². The number of phosphoric acid groups is 1. The van der Waals surface area contributed by atoms with Crippen LogP contribution in [0.25, 0.3) is 0 Å². The number of likely N-dealkylation sites (N-methyl/N-ethyl adjacent to an activating group) is 1. The third-order valence-electron chi connectivity index (χ3n) is 7.52. The molecule has 10 heteroatoms. The maximum atomic E-state index is 12.8. The van der Waals surface area contributed by atoms with E-state index in [0.29, 0.717) is 23.9 Å². The number of unbranched alkanes of at least 4 members (excludes halogenated alkanes) is 12. The van der Waals surface area contributed by atoms with E-state index in [4.69, 9.17) is 18.5 Å². The lowest BCUT2D eigenvalue weighted by Crippen LogP contribution is -2.37. The van der Waals surface area contributed by atoms with Crippen LogP contribution in [-0.4, -0.2) is 70.0 Å². The first-order chi connectivity index (χ1) is 20.9. The summed E-state index contributed by atoms with van der Waals surface area (Å²) in [6, 6.07) is 0. The van der Waals surface area contributed by atoms with E-state index in [0.717, 1.165) is 51.4 Å². The number of carbonyl (C=O) groups is 2. The molecule has 0 aromatic rings. The molecule has 0 amide bonds. The topological polar surface area (TPSA) is 111 Å². The molecule has 2 unspecified atom stereocenters. The number of hydrogen-bond acceptors (Lipinski definition) is 8. The van der Waals surface area contributed by atoms with Gasteiger partial charge in [-0.1, -0.05) is 97.1 Å². The molecule has 0 spiro atoms. The average Bonchev–Trinajstić information content (AvgIpc) is 2.96. The van der Waals surface area contributed by atoms with Crippen LogP contribution in [0.5, 0.6) is 0 Å². The number of ether oxygens (including phenoxy) is 2. The van der Waals surface area contributed by atoms with Gasteiger partial charge in [0.1, 0.15) is 19.8 Å². The van der Waals surface area contributed by atoms with E-state index in [1.54, 1.807) is 0 Å². The molecule has 0 N–H and O–H groups in total. The highest BCUT2D eigenvalue weighted by Crippen LogP contribution is 2.38. The summed E-state index contributed by atoms with van der Waals surface area (Å²) in [6.07, 6.45) is 22.3. The van der Waals surface area contributed by atoms with Crippen LogP contribution in [0.3, 0.4) is 0 Å². The molecule has 44 heavy (non-hydrogen) atoms. The van der Waals surface area contributed by atoms with Crippen LogP contribution in [0, 0.1) is 5.92 Å². The Labute approximate surface area is 269 Å². The average molecular weight is 648 g/mol. The maximum Gasteiger partial charge on any atom is 0.309 e. The van der Waals surface area contributed by atoms with Crippen LogP contribution in [0.4, 0.5) is 0 Å². The number of rotatable bonds is 30. The highest BCUT2D eigenvalue weighted by atomic mass is 31.2. The zero-order valence-electron chi connectivity index (χ0n) is 29.0. The van der Waals surface area contributed by atoms with Crippen LogP contribution >= 0.6 is 7.82 Å². The van der Waals surface area contributed by atoms with E-state index in [1.807, 2.05) is 28.1 Å². The normalized spacial score (nSPS) is 14.8. The van der Waals surface area contributed by atoms with Crippen molar-refractivity contribution in [3.8, 4) is 0 Å². The van der Waals surface area contributed by atoms with Gasteiger partial charge in [-0.2, -0.15) is 0 Å². The lowest BCUT2D eigenvalue weighted by Gasteiger charge is -2.28. The summed E-state index contributed by atoms with van der Waals surface area (Å²) >= 11 is 0. The van der Waals surface area contributed by atoms with Crippen LogP contribution in [0.15, 0.2) is 12.2 Å². The highest BCUT2D eigenvalue weighted by Gasteiger charge is 2.25. The fraction of sp³-hybridized carbons (Fsp3) is 0.882. The van der Waals surface area contributed by atoms with Gasteiger partial charge in [-0.05, 0) is 44.9 Å². The largest absolute Gasteiger partial charge is 0.756 e. The second-order valence-corrected chi connectivity index (χ2v) is 14.3. The summed E-state index contributed by atoms with van der Waals surface area (Å²) in [4.78, 5) is 37.4. The van der Waals surface area contributed by atoms with Crippen molar-refractivity contribution in [3.05, 3.63) is 12.2 Å². The van der Waals surface area contributed by atoms with Crippen molar-refractivity contribution < 1.29 is 42.1 Å². The Bertz CT molecular complexity index is 799. The minimum Gasteiger partial charge on any atom is -0.756 e. The molecule has 0 rings (SSSR count). The smallest absolute Gasteiger partial charge is 0.309 e. The molecule has 0 bridgehead atoms. The van der Waals surface area contributed by atoms with Crippen LogP contribution in [0.2, 0.25) is 0 Å². The Morgan fingerprint density at radius 3 is 1.91 bits per heavy atom. The van der Waals surface area contributed by atoms with Gasteiger partial charge in [0, 0.05) is 6.42 Å². The van der Waals surface area contributed by atoms with Crippen molar-refractivity contribution in [2.75, 3.05) is 47.5 Å². The Balaban J connectivity index is 4.45. The van der Waals surface area contributed by atoms with Crippen LogP contribution < -0.4 is 4.89 Å². The molecular weight excluding hydrogens is 581 g/mol. The third kappa shape index (κ3) is 27.1. The number of quaternary nitrogens is 1. The second-order valence-electron chi connectivity index (χ2n) is 12.9. The van der Waals surface area contributed by atoms with E-state index in [2.05, 4.69) is 26.0 Å². The third-order valence-corrected chi connectivity index (χ3v) is 8.48. The van der Waals surface area contributed by atoms with Gasteiger partial charge in [-0.25, -0.2) is 0 Å². The van der Waals surface area contributed by atoms with Gasteiger partial charge < -0.3 is 27.9 Å². The van der Waals surface area contributed by atoms with Crippen molar-refractivity contribution in [2.24, 2.45) is 5.92 Å². The highest BCUT2D eigenvalue weighted by molar-refractivity contribution is 7.45. The van der Waals surface area contributed by atoms with E-state index in [9.17, 15) is 19.0 Å². The van der Waals surface area contributed by atoms with Gasteiger partial charge in [0.15, 0.2) is 6.10 Å². The summed E-state index contributed by atoms with van der Waals surface area (Å²) in [5.41, 5.74) is 0. The summed E-state index contributed by atoms with van der Waals surface area (Å²) in [6.45, 7) is 5.91. The molecule has 9 nitrogen and oxygen atoms in total. The number of allylic oxidation sites excluding steroid dienone is 2. The lowest BCUT2D eigenvalue weighted by atomic mass is 10.00. The van der Waals surface area contributed by atoms with Crippen molar-refractivity contribution >= 4 is 19.8 Å². The lowest BCUT2D eigenvalue weighted by molar-refractivity contribution is -0.870. The Kier molecular flexibility index (Phi) is 26.2. The van der Waals surface area contributed by atoms with Gasteiger partial charge >= 0.3 is 11.9 Å². The van der Waals surface area contributed by atoms with E-state index in [1.165, 1.54) is 44.9 Å². The monoisotopic (exact) mass is 647 g/mol. The Hall–Kier alpha value is -1.25. The van der Waals surface area contributed by atoms with Gasteiger partial charge in [0.2, 0.25) is 0 Å². The molecule has 0 aliphatic heterocycles. The molecule has 3 atom stereocenters. The van der Waals surface area contributed by atoms with E-state index in [-0.39, 0.29) is 25.6 Å². The molecular formula is C34H66NO8P. The number of phosphoric ester groups is 1. The number of nitrogens with zero attached hydrogens (tertiary/aromatic N) is 1. The molecule has 0 aliphatic carbocycles. The SMILES string of the molecule is CCCCCCCC/C=C\CCCCCCCC(=O)OC[C@H](COP(=O)([O-])OCC[N+](C)(C)C)OC(=O)C(CC)CCCC. The molecule has 0 heterocycles. The molecule has 0 aromatic heterocycles. The molecule has 0 radical (unpaired) electrons. The zero-order valence-corrected chi connectivity index (χ0v) is 29.9. The molecule has 0 saturated heterocycles. The Morgan fingerprint density at radius 1 is 0.773 bits per heavy atom. The predicted octanol–water partition coefficient (Wildman–Crippen LogP) is 7.90. The number of hydrogen-bond donors (Lipinski definition) is 0. The van der Waals surface area contributed by atoms with E-state index >= 15 is 0 Å². The molecule has 260 valence electrons. The van der Waals surface area contributed by atoms with Gasteiger partial charge in [-0.15, -0.1) is 0 Å². The fourth-order valence-electron chi connectivity index (χ4n) is 4.55. The minimum atomic E-state index is -4.61. The predicted molar refractivity (Wildman–Crippen MR) is 176 cm³/mol. The van der Waals surface area contributed by atoms with Gasteiger partial charge in [0.25, 0.3) is 7.82 Å². The first kappa shape index (κ1) is 42.8. The summed E-state index contributed by atoms with van der Waals surface area (Å²) in [5.74, 6) is -1.13. The van der Waals surface area contributed by atoms with Crippen LogP contribution in [0.1, 0.15) is 136 Å². The number of carbonyl (C=O) groups excluding carboxylic acids is 2. The van der Waals surface area contributed by atoms with E-state index < -0.39 is 32.5 Å². The summed E-state index contributed by atoms with van der Waals surface area (Å²) < 4.78 is 33.7. The van der Waals surface area contributed by atoms with Crippen LogP contribution in [-0.2, 0) is 32.7 Å². The summed E-state index contributed by atoms with van der Waals surface area (Å²) in [7, 11) is 1.15. The van der Waals surface area contributed by atoms with Gasteiger partial charge in [0.05, 0.1) is 33.7 Å². The molecule has 0 aliphatic rings. The Morgan fingerprint density at radius 2 is 1.34 bits per heavy atom. The first-order valence-electron chi connectivity index (χ1n) is 17.4. The zero-order chi connectivity index (χ0) is 33.1. The number of esters is 2. The summed E-state index contributed by atoms with van der Waals surface area (Å²) in [5, 5.41) is 0. The first-order valence-corrected chi connectivity index (χ1v) is 18.8. The molecule has 0 aromatic carbocycles.